The normalized spacial score (nSPS) is 23.4. The minimum Gasteiger partial charge on any atom is -0.476 e. The molecule has 1 aliphatic carbocycles. The van der Waals surface area contributed by atoms with E-state index in [2.05, 4.69) is 5.10 Å². The van der Waals surface area contributed by atoms with Gasteiger partial charge in [-0.25, -0.2) is 14.0 Å². The van der Waals surface area contributed by atoms with Crippen molar-refractivity contribution < 1.29 is 23.8 Å². The van der Waals surface area contributed by atoms with Crippen molar-refractivity contribution in [3.63, 3.8) is 0 Å². The Kier molecular flexibility index (Phi) is 5.31. The number of halogens is 2. The van der Waals surface area contributed by atoms with Gasteiger partial charge in [-0.2, -0.15) is 9.78 Å². The Hall–Kier alpha value is -2.45. The molecule has 2 aromatic rings. The number of fused-ring (bicyclic) bond motifs is 1. The molecule has 0 spiro atoms. The third-order valence-corrected chi connectivity index (χ3v) is 5.90. The number of ether oxygens (including phenoxy) is 1. The lowest BCUT2D eigenvalue weighted by Crippen LogP contribution is -2.34. The zero-order chi connectivity index (χ0) is 20.7. The van der Waals surface area contributed by atoms with Crippen LogP contribution in [0.1, 0.15) is 34.5 Å². The number of rotatable bonds is 4. The Balaban J connectivity index is 1.32. The summed E-state index contributed by atoms with van der Waals surface area (Å²) in [5.74, 6) is -0.869. The number of aromatic carboxylic acids is 1. The number of likely N-dealkylation sites (tertiary alicyclic amines) is 1. The number of aromatic nitrogens is 2. The zero-order valence-corrected chi connectivity index (χ0v) is 16.6. The van der Waals surface area contributed by atoms with Crippen LogP contribution in [0.5, 0.6) is 0 Å². The fourth-order valence-electron chi connectivity index (χ4n) is 4.36. The molecule has 29 heavy (non-hydrogen) atoms. The number of carboxylic acids is 1. The van der Waals surface area contributed by atoms with Crippen LogP contribution in [-0.4, -0.2) is 51.0 Å². The molecule has 2 fully saturated rings. The van der Waals surface area contributed by atoms with Crippen molar-refractivity contribution in [1.29, 1.82) is 0 Å². The number of nitrogens with zero attached hydrogens (tertiary/aromatic N) is 3. The van der Waals surface area contributed by atoms with E-state index in [1.54, 1.807) is 17.9 Å². The molecule has 0 bridgehead atoms. The number of carbonyl (C=O) groups excluding carboxylic acids is 1. The van der Waals surface area contributed by atoms with E-state index in [1.807, 2.05) is 0 Å². The van der Waals surface area contributed by atoms with E-state index >= 15 is 0 Å². The smallest absolute Gasteiger partial charge is 0.356 e. The lowest BCUT2D eigenvalue weighted by molar-refractivity contribution is 0.0382. The molecule has 1 amide bonds. The van der Waals surface area contributed by atoms with Crippen LogP contribution in [0.15, 0.2) is 24.4 Å². The van der Waals surface area contributed by atoms with Crippen LogP contribution in [0.2, 0.25) is 5.02 Å². The van der Waals surface area contributed by atoms with Crippen LogP contribution in [0.4, 0.5) is 9.18 Å². The number of hydrogen-bond acceptors (Lipinski definition) is 4. The summed E-state index contributed by atoms with van der Waals surface area (Å²) in [6.45, 7) is 3.11. The molecule has 3 atom stereocenters. The van der Waals surface area contributed by atoms with E-state index in [-0.39, 0.29) is 23.6 Å². The monoisotopic (exact) mass is 421 g/mol. The second-order valence-corrected chi connectivity index (χ2v) is 8.24. The summed E-state index contributed by atoms with van der Waals surface area (Å²) in [5, 5.41) is 13.4. The van der Waals surface area contributed by atoms with E-state index in [1.165, 1.54) is 18.3 Å². The Labute approximate surface area is 172 Å². The van der Waals surface area contributed by atoms with Crippen molar-refractivity contribution in [2.75, 3.05) is 13.1 Å². The number of hydrogen-bond donors (Lipinski definition) is 1. The first-order chi connectivity index (χ1) is 13.8. The van der Waals surface area contributed by atoms with Crippen molar-refractivity contribution in [3.05, 3.63) is 52.1 Å². The molecule has 9 heteroatoms. The summed E-state index contributed by atoms with van der Waals surface area (Å²) >= 11 is 5.88. The van der Waals surface area contributed by atoms with E-state index in [4.69, 9.17) is 21.4 Å². The number of carbonyl (C=O) groups is 2. The van der Waals surface area contributed by atoms with Gasteiger partial charge in [-0.15, -0.1) is 0 Å². The van der Waals surface area contributed by atoms with Gasteiger partial charge in [0.25, 0.3) is 0 Å². The van der Waals surface area contributed by atoms with Gasteiger partial charge in [0, 0.05) is 29.9 Å². The zero-order valence-electron chi connectivity index (χ0n) is 15.8. The lowest BCUT2D eigenvalue weighted by atomic mass is 10.0. The summed E-state index contributed by atoms with van der Waals surface area (Å²) in [4.78, 5) is 25.5. The summed E-state index contributed by atoms with van der Waals surface area (Å²) in [6, 6.07) is 4.07. The Bertz CT molecular complexity index is 929. The number of amides is 1. The molecule has 2 aliphatic rings. The molecule has 1 aromatic heterocycles. The van der Waals surface area contributed by atoms with Gasteiger partial charge in [-0.05, 0) is 55.4 Å². The first-order valence-electron chi connectivity index (χ1n) is 9.45. The van der Waals surface area contributed by atoms with E-state index in [0.717, 1.165) is 17.5 Å². The predicted octanol–water partition coefficient (Wildman–Crippen LogP) is 3.58. The van der Waals surface area contributed by atoms with E-state index in [0.29, 0.717) is 47.7 Å². The molecule has 2 heterocycles. The summed E-state index contributed by atoms with van der Waals surface area (Å²) < 4.78 is 20.5. The van der Waals surface area contributed by atoms with E-state index < -0.39 is 5.97 Å². The average Bonchev–Trinajstić information content (AvgIpc) is 3.31. The van der Waals surface area contributed by atoms with Gasteiger partial charge in [0.2, 0.25) is 0 Å². The largest absolute Gasteiger partial charge is 0.476 e. The standard InChI is InChI=1S/C20H21ClFN3O4/c1-11-7-25(23-18(11)19(26)27)20(28)24-8-13-4-17(5-14(13)9-24)29-10-12-2-15(21)6-16(22)3-12/h2-3,6-7,13-14,17H,4-5,8-10H2,1H3,(H,26,27)/t13-,14+,17?. The van der Waals surface area contributed by atoms with Crippen LogP contribution in [0.25, 0.3) is 0 Å². The van der Waals surface area contributed by atoms with Crippen LogP contribution in [0.3, 0.4) is 0 Å². The number of aryl methyl sites for hydroxylation is 1. The molecule has 1 saturated heterocycles. The number of carboxylic acid groups (broad SMARTS) is 1. The topological polar surface area (TPSA) is 84.7 Å². The molecular weight excluding hydrogens is 401 g/mol. The maximum atomic E-state index is 13.4. The molecular formula is C20H21ClFN3O4. The highest BCUT2D eigenvalue weighted by atomic mass is 35.5. The maximum Gasteiger partial charge on any atom is 0.356 e. The molecule has 1 saturated carbocycles. The second-order valence-electron chi connectivity index (χ2n) is 7.80. The fourth-order valence-corrected chi connectivity index (χ4v) is 4.60. The van der Waals surface area contributed by atoms with Gasteiger partial charge < -0.3 is 14.7 Å². The van der Waals surface area contributed by atoms with Gasteiger partial charge in [-0.3, -0.25) is 0 Å². The highest BCUT2D eigenvalue weighted by Crippen LogP contribution is 2.40. The van der Waals surface area contributed by atoms with Crippen molar-refractivity contribution in [1.82, 2.24) is 14.7 Å². The first-order valence-corrected chi connectivity index (χ1v) is 9.83. The quantitative estimate of drug-likeness (QED) is 0.815. The molecule has 1 N–H and O–H groups in total. The Morgan fingerprint density at radius 3 is 2.55 bits per heavy atom. The van der Waals surface area contributed by atoms with Crippen molar-refractivity contribution in [2.45, 2.75) is 32.5 Å². The molecule has 1 aliphatic heterocycles. The Morgan fingerprint density at radius 1 is 1.28 bits per heavy atom. The molecule has 0 radical (unpaired) electrons. The minimum absolute atomic E-state index is 0.0647. The van der Waals surface area contributed by atoms with Gasteiger partial charge in [-0.1, -0.05) is 11.6 Å². The van der Waals surface area contributed by atoms with Crippen LogP contribution >= 0.6 is 11.6 Å². The average molecular weight is 422 g/mol. The molecule has 1 aromatic carbocycles. The fraction of sp³-hybridized carbons (Fsp3) is 0.450. The molecule has 1 unspecified atom stereocenters. The highest BCUT2D eigenvalue weighted by molar-refractivity contribution is 6.30. The maximum absolute atomic E-state index is 13.4. The van der Waals surface area contributed by atoms with Crippen LogP contribution < -0.4 is 0 Å². The van der Waals surface area contributed by atoms with Crippen molar-refractivity contribution >= 4 is 23.6 Å². The third kappa shape index (κ3) is 4.13. The van der Waals surface area contributed by atoms with Gasteiger partial charge in [0.1, 0.15) is 5.82 Å². The highest BCUT2D eigenvalue weighted by Gasteiger charge is 2.43. The molecule has 7 nitrogen and oxygen atoms in total. The number of benzene rings is 1. The van der Waals surface area contributed by atoms with Crippen molar-refractivity contribution in [2.24, 2.45) is 11.8 Å². The molecule has 4 rings (SSSR count). The van der Waals surface area contributed by atoms with Gasteiger partial charge in [0.15, 0.2) is 5.69 Å². The summed E-state index contributed by atoms with van der Waals surface area (Å²) in [5.41, 5.74) is 1.05. The van der Waals surface area contributed by atoms with E-state index in [9.17, 15) is 14.0 Å². The first kappa shape index (κ1) is 19.8. The van der Waals surface area contributed by atoms with Crippen LogP contribution in [0, 0.1) is 24.6 Å². The predicted molar refractivity (Wildman–Crippen MR) is 102 cm³/mol. The SMILES string of the molecule is Cc1cn(C(=O)N2C[C@H]3CC(OCc4cc(F)cc(Cl)c4)C[C@H]3C2)nc1C(=O)O. The minimum atomic E-state index is -1.15. The third-order valence-electron chi connectivity index (χ3n) is 5.68. The summed E-state index contributed by atoms with van der Waals surface area (Å²) in [6.07, 6.45) is 3.18. The molecule has 154 valence electrons. The van der Waals surface area contributed by atoms with Crippen LogP contribution in [-0.2, 0) is 11.3 Å². The van der Waals surface area contributed by atoms with Crippen molar-refractivity contribution in [3.8, 4) is 0 Å². The summed E-state index contributed by atoms with van der Waals surface area (Å²) in [7, 11) is 0. The van der Waals surface area contributed by atoms with Gasteiger partial charge in [0.05, 0.1) is 12.7 Å². The van der Waals surface area contributed by atoms with Gasteiger partial charge >= 0.3 is 12.0 Å². The second kappa shape index (κ2) is 7.76. The Morgan fingerprint density at radius 2 is 1.97 bits per heavy atom. The lowest BCUT2D eigenvalue weighted by Gasteiger charge is -2.19.